The molecule has 3 aromatic rings. The van der Waals surface area contributed by atoms with Gasteiger partial charge in [0.15, 0.2) is 4.32 Å². The lowest BCUT2D eigenvalue weighted by molar-refractivity contribution is -0.113. The summed E-state index contributed by atoms with van der Waals surface area (Å²) in [6.45, 7) is 4.00. The van der Waals surface area contributed by atoms with E-state index in [-0.39, 0.29) is 11.5 Å². The third kappa shape index (κ3) is 4.17. The number of thiocarbonyl (C=S) groups is 1. The minimum absolute atomic E-state index is 0.103. The van der Waals surface area contributed by atoms with Gasteiger partial charge in [-0.2, -0.15) is 0 Å². The molecule has 1 aliphatic rings. The van der Waals surface area contributed by atoms with Crippen LogP contribution < -0.4 is 4.90 Å². The first kappa shape index (κ1) is 21.4. The zero-order valence-corrected chi connectivity index (χ0v) is 18.9. The van der Waals surface area contributed by atoms with Crippen LogP contribution in [0, 0.1) is 13.8 Å². The van der Waals surface area contributed by atoms with Crippen LogP contribution in [0.2, 0.25) is 5.02 Å². The Morgan fingerprint density at radius 1 is 1.13 bits per heavy atom. The van der Waals surface area contributed by atoms with E-state index in [2.05, 4.69) is 0 Å². The molecule has 1 fully saturated rings. The van der Waals surface area contributed by atoms with Crippen LogP contribution in [-0.4, -0.2) is 21.3 Å². The molecule has 0 radical (unpaired) electrons. The number of aryl methyl sites for hydroxylation is 2. The van der Waals surface area contributed by atoms with Crippen molar-refractivity contribution in [3.8, 4) is 11.3 Å². The summed E-state index contributed by atoms with van der Waals surface area (Å²) < 4.78 is 6.27. The van der Waals surface area contributed by atoms with E-state index in [1.54, 1.807) is 18.2 Å². The van der Waals surface area contributed by atoms with Crippen molar-refractivity contribution < 1.29 is 19.1 Å². The van der Waals surface area contributed by atoms with E-state index in [1.165, 1.54) is 34.9 Å². The second kappa shape index (κ2) is 8.34. The monoisotopic (exact) mass is 469 g/mol. The van der Waals surface area contributed by atoms with Crippen LogP contribution in [0.5, 0.6) is 0 Å². The molecule has 0 bridgehead atoms. The van der Waals surface area contributed by atoms with Gasteiger partial charge in [-0.3, -0.25) is 9.69 Å². The van der Waals surface area contributed by atoms with Crippen LogP contribution in [0.3, 0.4) is 0 Å². The number of rotatable bonds is 4. The van der Waals surface area contributed by atoms with Gasteiger partial charge in [0.1, 0.15) is 11.5 Å². The maximum Gasteiger partial charge on any atom is 0.335 e. The quantitative estimate of drug-likeness (QED) is 0.356. The zero-order valence-electron chi connectivity index (χ0n) is 16.5. The summed E-state index contributed by atoms with van der Waals surface area (Å²) in [6, 6.07) is 13.5. The summed E-state index contributed by atoms with van der Waals surface area (Å²) in [6.07, 6.45) is 1.62. The van der Waals surface area contributed by atoms with Crippen molar-refractivity contribution in [3.63, 3.8) is 0 Å². The van der Waals surface area contributed by atoms with E-state index in [0.717, 1.165) is 16.8 Å². The highest BCUT2D eigenvalue weighted by Gasteiger charge is 2.33. The minimum Gasteiger partial charge on any atom is -0.478 e. The highest BCUT2D eigenvalue weighted by Crippen LogP contribution is 2.37. The number of nitrogens with zero attached hydrogens (tertiary/aromatic N) is 1. The number of carboxylic acids is 1. The third-order valence-corrected chi connectivity index (χ3v) is 6.55. The summed E-state index contributed by atoms with van der Waals surface area (Å²) in [4.78, 5) is 26.2. The molecule has 8 heteroatoms. The summed E-state index contributed by atoms with van der Waals surface area (Å²) in [7, 11) is 0. The number of furan rings is 1. The molecule has 2 aromatic carbocycles. The zero-order chi connectivity index (χ0) is 22.3. The standard InChI is InChI=1S/C23H16ClNO4S2/c1-12-3-5-15(9-13(12)2)25-21(26)20(31-23(25)30)11-16-6-8-19(29-16)17-10-14(22(27)28)4-7-18(17)24/h3-11H,1-2H3,(H,27,28). The Labute approximate surface area is 193 Å². The number of amides is 1. The molecule has 0 atom stereocenters. The SMILES string of the molecule is Cc1ccc(N2C(=O)C(=Cc3ccc(-c4cc(C(=O)O)ccc4Cl)o3)SC2=S)cc1C. The van der Waals surface area contributed by atoms with Crippen LogP contribution in [-0.2, 0) is 4.79 Å². The van der Waals surface area contributed by atoms with Crippen molar-refractivity contribution in [1.29, 1.82) is 0 Å². The summed E-state index contributed by atoms with van der Waals surface area (Å²) >= 11 is 12.8. The fourth-order valence-electron chi connectivity index (χ4n) is 3.11. The molecule has 156 valence electrons. The number of hydrogen-bond donors (Lipinski definition) is 1. The van der Waals surface area contributed by atoms with E-state index >= 15 is 0 Å². The number of carbonyl (C=O) groups is 2. The molecule has 0 spiro atoms. The average Bonchev–Trinajstić information content (AvgIpc) is 3.29. The van der Waals surface area contributed by atoms with Gasteiger partial charge in [-0.05, 0) is 67.4 Å². The number of hydrogen-bond acceptors (Lipinski definition) is 5. The first-order valence-electron chi connectivity index (χ1n) is 9.23. The van der Waals surface area contributed by atoms with Gasteiger partial charge in [-0.1, -0.05) is 41.6 Å². The second-order valence-corrected chi connectivity index (χ2v) is 9.07. The maximum atomic E-state index is 13.0. The molecule has 1 aromatic heterocycles. The lowest BCUT2D eigenvalue weighted by atomic mass is 10.1. The van der Waals surface area contributed by atoms with Gasteiger partial charge < -0.3 is 9.52 Å². The van der Waals surface area contributed by atoms with Crippen molar-refractivity contribution in [1.82, 2.24) is 0 Å². The first-order chi connectivity index (χ1) is 14.7. The molecule has 1 saturated heterocycles. The van der Waals surface area contributed by atoms with E-state index < -0.39 is 5.97 Å². The van der Waals surface area contributed by atoms with Crippen LogP contribution in [0.1, 0.15) is 27.2 Å². The largest absolute Gasteiger partial charge is 0.478 e. The van der Waals surface area contributed by atoms with Gasteiger partial charge >= 0.3 is 5.97 Å². The normalized spacial score (nSPS) is 15.2. The van der Waals surface area contributed by atoms with Crippen LogP contribution in [0.4, 0.5) is 5.69 Å². The number of aromatic carboxylic acids is 1. The molecule has 0 aliphatic carbocycles. The van der Waals surface area contributed by atoms with E-state index in [0.29, 0.717) is 31.3 Å². The van der Waals surface area contributed by atoms with Gasteiger partial charge in [-0.15, -0.1) is 0 Å². The fourth-order valence-corrected chi connectivity index (χ4v) is 4.60. The summed E-state index contributed by atoms with van der Waals surface area (Å²) in [5.74, 6) is -0.432. The van der Waals surface area contributed by atoms with Crippen molar-refractivity contribution >= 4 is 63.5 Å². The van der Waals surface area contributed by atoms with Crippen molar-refractivity contribution in [2.24, 2.45) is 0 Å². The van der Waals surface area contributed by atoms with E-state index in [4.69, 9.17) is 28.2 Å². The number of benzene rings is 2. The van der Waals surface area contributed by atoms with Gasteiger partial charge in [0.05, 0.1) is 21.2 Å². The number of thioether (sulfide) groups is 1. The molecule has 2 heterocycles. The Kier molecular flexibility index (Phi) is 5.75. The Hall–Kier alpha value is -2.87. The van der Waals surface area contributed by atoms with Gasteiger partial charge in [0.2, 0.25) is 0 Å². The molecular weight excluding hydrogens is 454 g/mol. The first-order valence-corrected chi connectivity index (χ1v) is 10.8. The van der Waals surface area contributed by atoms with E-state index in [9.17, 15) is 14.7 Å². The lowest BCUT2D eigenvalue weighted by Crippen LogP contribution is -2.27. The molecule has 1 aliphatic heterocycles. The highest BCUT2D eigenvalue weighted by molar-refractivity contribution is 8.27. The molecule has 1 N–H and O–H groups in total. The molecule has 31 heavy (non-hydrogen) atoms. The molecule has 4 rings (SSSR count). The molecular formula is C23H16ClNO4S2. The van der Waals surface area contributed by atoms with Crippen LogP contribution in [0.25, 0.3) is 17.4 Å². The maximum absolute atomic E-state index is 13.0. The minimum atomic E-state index is -1.06. The number of anilines is 1. The molecule has 1 amide bonds. The number of carboxylic acid groups (broad SMARTS) is 1. The topological polar surface area (TPSA) is 70.8 Å². The second-order valence-electron chi connectivity index (χ2n) is 6.99. The summed E-state index contributed by atoms with van der Waals surface area (Å²) in [5.41, 5.74) is 3.51. The van der Waals surface area contributed by atoms with Crippen LogP contribution >= 0.6 is 35.6 Å². The predicted molar refractivity (Wildman–Crippen MR) is 128 cm³/mol. The van der Waals surface area contributed by atoms with Crippen molar-refractivity contribution in [2.45, 2.75) is 13.8 Å². The summed E-state index contributed by atoms with van der Waals surface area (Å²) in [5, 5.41) is 9.57. The van der Waals surface area contributed by atoms with Gasteiger partial charge in [-0.25, -0.2) is 4.79 Å². The van der Waals surface area contributed by atoms with Gasteiger partial charge in [0.25, 0.3) is 5.91 Å². The Morgan fingerprint density at radius 2 is 1.90 bits per heavy atom. The average molecular weight is 470 g/mol. The predicted octanol–water partition coefficient (Wildman–Crippen LogP) is 6.32. The van der Waals surface area contributed by atoms with Crippen LogP contribution in [0.15, 0.2) is 57.9 Å². The van der Waals surface area contributed by atoms with Crippen molar-refractivity contribution in [2.75, 3.05) is 4.90 Å². The fraction of sp³-hybridized carbons (Fsp3) is 0.0870. The van der Waals surface area contributed by atoms with Gasteiger partial charge in [0, 0.05) is 11.6 Å². The third-order valence-electron chi connectivity index (χ3n) is 4.92. The molecule has 0 unspecified atom stereocenters. The Balaban J connectivity index is 1.63. The Morgan fingerprint density at radius 3 is 2.61 bits per heavy atom. The van der Waals surface area contributed by atoms with E-state index in [1.807, 2.05) is 32.0 Å². The Bertz CT molecular complexity index is 1280. The van der Waals surface area contributed by atoms with Crippen molar-refractivity contribution in [3.05, 3.63) is 80.9 Å². The highest BCUT2D eigenvalue weighted by atomic mass is 35.5. The number of halogens is 1. The smallest absolute Gasteiger partial charge is 0.335 e. The molecule has 0 saturated carbocycles. The number of carbonyl (C=O) groups excluding carboxylic acids is 1. The lowest BCUT2D eigenvalue weighted by Gasteiger charge is -2.15. The molecule has 5 nitrogen and oxygen atoms in total.